The van der Waals surface area contributed by atoms with Crippen molar-refractivity contribution in [2.75, 3.05) is 0 Å². The van der Waals surface area contributed by atoms with Crippen LogP contribution < -0.4 is 0 Å². The third kappa shape index (κ3) is 2.23. The second-order valence-electron chi connectivity index (χ2n) is 4.21. The molecular weight excluding hydrogens is 211 g/mol. The number of aromatic nitrogens is 2. The monoisotopic (exact) mass is 226 g/mol. The largest absolute Gasteiger partial charge is 0.481 e. The average Bonchev–Trinajstić information content (AvgIpc) is 2.66. The van der Waals surface area contributed by atoms with Crippen molar-refractivity contribution in [2.24, 2.45) is 0 Å². The van der Waals surface area contributed by atoms with Crippen LogP contribution in [0.4, 0.5) is 4.39 Å². The lowest BCUT2D eigenvalue weighted by atomic mass is 9.93. The Morgan fingerprint density at radius 1 is 1.56 bits per heavy atom. The van der Waals surface area contributed by atoms with Gasteiger partial charge >= 0.3 is 5.97 Å². The molecule has 2 atom stereocenters. The molecule has 1 aromatic heterocycles. The van der Waals surface area contributed by atoms with Crippen molar-refractivity contribution in [3.05, 3.63) is 18.0 Å². The zero-order valence-electron chi connectivity index (χ0n) is 8.97. The summed E-state index contributed by atoms with van der Waals surface area (Å²) in [6, 6.07) is 1.37. The van der Waals surface area contributed by atoms with Crippen LogP contribution in [0.25, 0.3) is 0 Å². The van der Waals surface area contributed by atoms with Gasteiger partial charge in [0.1, 0.15) is 6.17 Å². The molecule has 2 rings (SSSR count). The van der Waals surface area contributed by atoms with Gasteiger partial charge in [0.25, 0.3) is 0 Å². The van der Waals surface area contributed by atoms with Gasteiger partial charge < -0.3 is 5.11 Å². The Labute approximate surface area is 93.1 Å². The molecule has 0 saturated heterocycles. The first kappa shape index (κ1) is 11.1. The van der Waals surface area contributed by atoms with E-state index in [1.165, 1.54) is 0 Å². The Balaban J connectivity index is 2.18. The first-order chi connectivity index (χ1) is 7.68. The van der Waals surface area contributed by atoms with E-state index in [4.69, 9.17) is 5.11 Å². The molecule has 0 amide bonds. The molecule has 5 heteroatoms. The lowest BCUT2D eigenvalue weighted by molar-refractivity contribution is -0.136. The zero-order valence-corrected chi connectivity index (χ0v) is 8.97. The second kappa shape index (κ2) is 4.63. The SMILES string of the molecule is O=C(O)Cc1ccnn1C1CCCCC1F. The highest BCUT2D eigenvalue weighted by atomic mass is 19.1. The Hall–Kier alpha value is -1.39. The molecule has 1 N–H and O–H groups in total. The van der Waals surface area contributed by atoms with Crippen LogP contribution in [0.3, 0.4) is 0 Å². The third-order valence-corrected chi connectivity index (χ3v) is 3.05. The fourth-order valence-corrected chi connectivity index (χ4v) is 2.28. The first-order valence-corrected chi connectivity index (χ1v) is 5.56. The fraction of sp³-hybridized carbons (Fsp3) is 0.636. The van der Waals surface area contributed by atoms with E-state index in [0.717, 1.165) is 19.3 Å². The van der Waals surface area contributed by atoms with Crippen molar-refractivity contribution >= 4 is 5.97 Å². The van der Waals surface area contributed by atoms with Gasteiger partial charge in [-0.05, 0) is 18.9 Å². The maximum atomic E-state index is 13.7. The number of carboxylic acid groups (broad SMARTS) is 1. The van der Waals surface area contributed by atoms with Gasteiger partial charge in [-0.15, -0.1) is 0 Å². The minimum atomic E-state index is -0.909. The minimum absolute atomic E-state index is 0.0940. The van der Waals surface area contributed by atoms with Gasteiger partial charge in [0.2, 0.25) is 0 Å². The number of nitrogens with zero attached hydrogens (tertiary/aromatic N) is 2. The van der Waals surface area contributed by atoms with E-state index in [9.17, 15) is 9.18 Å². The quantitative estimate of drug-likeness (QED) is 0.857. The Morgan fingerprint density at radius 2 is 2.31 bits per heavy atom. The predicted octanol–water partition coefficient (Wildman–Crippen LogP) is 1.96. The van der Waals surface area contributed by atoms with E-state index in [1.807, 2.05) is 0 Å². The number of rotatable bonds is 3. The molecule has 16 heavy (non-hydrogen) atoms. The third-order valence-electron chi connectivity index (χ3n) is 3.05. The van der Waals surface area contributed by atoms with Gasteiger partial charge in [-0.1, -0.05) is 12.8 Å². The summed E-state index contributed by atoms with van der Waals surface area (Å²) in [5.74, 6) is -0.909. The van der Waals surface area contributed by atoms with Crippen LogP contribution in [0.15, 0.2) is 12.3 Å². The van der Waals surface area contributed by atoms with Crippen molar-refractivity contribution in [2.45, 2.75) is 44.3 Å². The van der Waals surface area contributed by atoms with Crippen molar-refractivity contribution in [1.82, 2.24) is 9.78 Å². The summed E-state index contributed by atoms with van der Waals surface area (Å²) in [6.45, 7) is 0. The number of carbonyl (C=O) groups is 1. The summed E-state index contributed by atoms with van der Waals surface area (Å²) in [5.41, 5.74) is 0.585. The maximum absolute atomic E-state index is 13.7. The second-order valence-corrected chi connectivity index (χ2v) is 4.21. The number of hydrogen-bond donors (Lipinski definition) is 1. The minimum Gasteiger partial charge on any atom is -0.481 e. The van der Waals surface area contributed by atoms with Crippen LogP contribution in [0, 0.1) is 0 Å². The number of alkyl halides is 1. The molecular formula is C11H15FN2O2. The van der Waals surface area contributed by atoms with Crippen LogP contribution in [-0.4, -0.2) is 27.0 Å². The number of carboxylic acids is 1. The van der Waals surface area contributed by atoms with Gasteiger partial charge in [-0.25, -0.2) is 4.39 Å². The molecule has 88 valence electrons. The van der Waals surface area contributed by atoms with E-state index in [2.05, 4.69) is 5.10 Å². The first-order valence-electron chi connectivity index (χ1n) is 5.56. The molecule has 1 heterocycles. The molecule has 0 bridgehead atoms. The summed E-state index contributed by atoms with van der Waals surface area (Å²) < 4.78 is 15.3. The maximum Gasteiger partial charge on any atom is 0.309 e. The highest BCUT2D eigenvalue weighted by Crippen LogP contribution is 2.31. The summed E-state index contributed by atoms with van der Waals surface area (Å²) in [6.07, 6.45) is 3.74. The Morgan fingerprint density at radius 3 is 3.00 bits per heavy atom. The normalized spacial score (nSPS) is 25.6. The van der Waals surface area contributed by atoms with Gasteiger partial charge in [0, 0.05) is 11.9 Å². The molecule has 0 radical (unpaired) electrons. The van der Waals surface area contributed by atoms with Gasteiger partial charge in [-0.3, -0.25) is 9.48 Å². The van der Waals surface area contributed by atoms with E-state index in [1.54, 1.807) is 16.9 Å². The van der Waals surface area contributed by atoms with Crippen LogP contribution in [0.2, 0.25) is 0 Å². The number of hydrogen-bond acceptors (Lipinski definition) is 2. The number of aliphatic carboxylic acids is 1. The van der Waals surface area contributed by atoms with Crippen LogP contribution >= 0.6 is 0 Å². The molecule has 0 spiro atoms. The molecule has 1 fully saturated rings. The zero-order chi connectivity index (χ0) is 11.5. The Kier molecular flexibility index (Phi) is 3.22. The molecule has 0 aliphatic heterocycles. The van der Waals surface area contributed by atoms with E-state index < -0.39 is 12.1 Å². The molecule has 4 nitrogen and oxygen atoms in total. The smallest absolute Gasteiger partial charge is 0.309 e. The summed E-state index contributed by atoms with van der Waals surface area (Å²) >= 11 is 0. The van der Waals surface area contributed by atoms with Crippen molar-refractivity contribution in [3.63, 3.8) is 0 Å². The van der Waals surface area contributed by atoms with E-state index in [-0.39, 0.29) is 12.5 Å². The topological polar surface area (TPSA) is 55.1 Å². The molecule has 1 aliphatic carbocycles. The molecule has 2 unspecified atom stereocenters. The van der Waals surface area contributed by atoms with E-state index >= 15 is 0 Å². The van der Waals surface area contributed by atoms with Crippen LogP contribution in [0.1, 0.15) is 37.4 Å². The highest BCUT2D eigenvalue weighted by molar-refractivity contribution is 5.69. The molecule has 0 aromatic carbocycles. The fourth-order valence-electron chi connectivity index (χ4n) is 2.28. The van der Waals surface area contributed by atoms with Gasteiger partial charge in [-0.2, -0.15) is 5.10 Å². The standard InChI is InChI=1S/C11H15FN2O2/c12-9-3-1-2-4-10(9)14-8(5-6-13-14)7-11(15)16/h5-6,9-10H,1-4,7H2,(H,15,16). The molecule has 1 aliphatic rings. The van der Waals surface area contributed by atoms with Gasteiger partial charge in [0.15, 0.2) is 0 Å². The van der Waals surface area contributed by atoms with Crippen molar-refractivity contribution in [3.8, 4) is 0 Å². The highest BCUT2D eigenvalue weighted by Gasteiger charge is 2.28. The summed E-state index contributed by atoms with van der Waals surface area (Å²) in [4.78, 5) is 10.6. The van der Waals surface area contributed by atoms with Crippen molar-refractivity contribution < 1.29 is 14.3 Å². The number of halogens is 1. The molecule has 1 saturated carbocycles. The van der Waals surface area contributed by atoms with Crippen LogP contribution in [0.5, 0.6) is 0 Å². The lowest BCUT2D eigenvalue weighted by Gasteiger charge is -2.27. The molecule has 1 aromatic rings. The van der Waals surface area contributed by atoms with E-state index in [0.29, 0.717) is 12.1 Å². The van der Waals surface area contributed by atoms with Crippen molar-refractivity contribution in [1.29, 1.82) is 0 Å². The average molecular weight is 226 g/mol. The summed E-state index contributed by atoms with van der Waals surface area (Å²) in [7, 11) is 0. The Bertz CT molecular complexity index is 378. The predicted molar refractivity (Wildman–Crippen MR) is 56.0 cm³/mol. The lowest BCUT2D eigenvalue weighted by Crippen LogP contribution is -2.27. The van der Waals surface area contributed by atoms with Gasteiger partial charge in [0.05, 0.1) is 12.5 Å². The van der Waals surface area contributed by atoms with Crippen LogP contribution in [-0.2, 0) is 11.2 Å². The summed E-state index contributed by atoms with van der Waals surface area (Å²) in [5, 5.41) is 12.8.